The molecule has 0 unspecified atom stereocenters. The zero-order chi connectivity index (χ0) is 15.6. The van der Waals surface area contributed by atoms with Crippen molar-refractivity contribution in [3.05, 3.63) is 41.1 Å². The van der Waals surface area contributed by atoms with Gasteiger partial charge in [0.25, 0.3) is 10.0 Å². The fourth-order valence-electron chi connectivity index (χ4n) is 1.58. The molecular formula is C12H9N3O4S2. The van der Waals surface area contributed by atoms with Gasteiger partial charge in [-0.2, -0.15) is 9.64 Å². The second kappa shape index (κ2) is 5.51. The predicted molar refractivity (Wildman–Crippen MR) is 75.8 cm³/mol. The molecule has 21 heavy (non-hydrogen) atoms. The molecule has 9 heteroatoms. The number of hydrogen-bond acceptors (Lipinski definition) is 6. The summed E-state index contributed by atoms with van der Waals surface area (Å²) in [5, 5.41) is 17.7. The van der Waals surface area contributed by atoms with E-state index in [-0.39, 0.29) is 21.2 Å². The van der Waals surface area contributed by atoms with Gasteiger partial charge < -0.3 is 5.11 Å². The van der Waals surface area contributed by atoms with Gasteiger partial charge in [-0.1, -0.05) is 0 Å². The van der Waals surface area contributed by atoms with Crippen molar-refractivity contribution in [1.29, 1.82) is 5.26 Å². The van der Waals surface area contributed by atoms with Crippen LogP contribution in [0.5, 0.6) is 0 Å². The van der Waals surface area contributed by atoms with Gasteiger partial charge in [0.05, 0.1) is 22.2 Å². The minimum absolute atomic E-state index is 0.0515. The molecule has 2 aromatic rings. The standard InChI is InChI=1S/C12H9N3O4S2/c1-7-10(12(16)17)11(20-14-7)15-21(18,19)9-4-2-8(6-13)3-5-9/h2-5,15H,1H3,(H,16,17). The van der Waals surface area contributed by atoms with Crippen LogP contribution in [-0.2, 0) is 10.0 Å². The first-order chi connectivity index (χ1) is 9.85. The number of nitrogens with zero attached hydrogens (tertiary/aromatic N) is 2. The van der Waals surface area contributed by atoms with Crippen LogP contribution < -0.4 is 4.72 Å². The number of rotatable bonds is 4. The number of carbonyl (C=O) groups is 1. The Labute approximate surface area is 124 Å². The first-order valence-corrected chi connectivity index (χ1v) is 7.83. The molecule has 0 aliphatic carbocycles. The quantitative estimate of drug-likeness (QED) is 0.885. The van der Waals surface area contributed by atoms with Crippen molar-refractivity contribution in [2.24, 2.45) is 0 Å². The molecule has 0 bridgehead atoms. The lowest BCUT2D eigenvalue weighted by Crippen LogP contribution is -2.14. The number of nitriles is 1. The summed E-state index contributed by atoms with van der Waals surface area (Å²) in [5.41, 5.74) is 0.399. The summed E-state index contributed by atoms with van der Waals surface area (Å²) in [4.78, 5) is 11.0. The van der Waals surface area contributed by atoms with Crippen LogP contribution in [0.3, 0.4) is 0 Å². The number of benzene rings is 1. The molecule has 0 amide bonds. The average Bonchev–Trinajstić information content (AvgIpc) is 2.79. The largest absolute Gasteiger partial charge is 0.478 e. The second-order valence-corrected chi connectivity index (χ2v) is 6.47. The maximum atomic E-state index is 12.2. The molecule has 0 saturated heterocycles. The summed E-state index contributed by atoms with van der Waals surface area (Å²) < 4.78 is 30.4. The fourth-order valence-corrected chi connectivity index (χ4v) is 3.66. The average molecular weight is 323 g/mol. The summed E-state index contributed by atoms with van der Waals surface area (Å²) in [6, 6.07) is 7.16. The van der Waals surface area contributed by atoms with Gasteiger partial charge in [-0.15, -0.1) is 0 Å². The summed E-state index contributed by atoms with van der Waals surface area (Å²) in [5.74, 6) is -1.25. The van der Waals surface area contributed by atoms with Gasteiger partial charge in [0.1, 0.15) is 10.6 Å². The number of aromatic nitrogens is 1. The van der Waals surface area contributed by atoms with Crippen LogP contribution in [-0.4, -0.2) is 23.9 Å². The molecule has 2 N–H and O–H groups in total. The summed E-state index contributed by atoms with van der Waals surface area (Å²) in [7, 11) is -3.93. The number of carboxylic acids is 1. The number of anilines is 1. The van der Waals surface area contributed by atoms with Crippen LogP contribution in [0.25, 0.3) is 0 Å². The minimum atomic E-state index is -3.93. The molecule has 7 nitrogen and oxygen atoms in total. The SMILES string of the molecule is Cc1nsc(NS(=O)(=O)c2ccc(C#N)cc2)c1C(=O)O. The van der Waals surface area contributed by atoms with Crippen molar-refractivity contribution in [3.63, 3.8) is 0 Å². The van der Waals surface area contributed by atoms with Gasteiger partial charge in [-0.3, -0.25) is 4.72 Å². The molecule has 0 aliphatic heterocycles. The lowest BCUT2D eigenvalue weighted by atomic mass is 10.2. The molecule has 1 aromatic heterocycles. The van der Waals surface area contributed by atoms with Crippen LogP contribution in [0.2, 0.25) is 0 Å². The summed E-state index contributed by atoms with van der Waals surface area (Å²) in [6.45, 7) is 1.49. The van der Waals surface area contributed by atoms with Crippen LogP contribution in [0.1, 0.15) is 21.6 Å². The first kappa shape index (κ1) is 15.0. The molecule has 1 heterocycles. The van der Waals surface area contributed by atoms with Crippen LogP contribution >= 0.6 is 11.5 Å². The molecule has 0 aliphatic rings. The molecule has 0 fully saturated rings. The van der Waals surface area contributed by atoms with Gasteiger partial charge in [0.2, 0.25) is 0 Å². The molecule has 108 valence electrons. The van der Waals surface area contributed by atoms with Gasteiger partial charge in [0.15, 0.2) is 0 Å². The van der Waals surface area contributed by atoms with E-state index < -0.39 is 16.0 Å². The topological polar surface area (TPSA) is 120 Å². The normalized spacial score (nSPS) is 10.9. The highest BCUT2D eigenvalue weighted by Crippen LogP contribution is 2.27. The fraction of sp³-hybridized carbons (Fsp3) is 0.0833. The maximum Gasteiger partial charge on any atom is 0.340 e. The van der Waals surface area contributed by atoms with Crippen LogP contribution in [0, 0.1) is 18.3 Å². The Morgan fingerprint density at radius 3 is 2.52 bits per heavy atom. The second-order valence-electron chi connectivity index (χ2n) is 4.02. The number of nitrogens with one attached hydrogen (secondary N) is 1. The number of aromatic carboxylic acids is 1. The zero-order valence-electron chi connectivity index (χ0n) is 10.7. The maximum absolute atomic E-state index is 12.2. The number of carboxylic acid groups (broad SMARTS) is 1. The van der Waals surface area contributed by atoms with E-state index in [1.807, 2.05) is 6.07 Å². The van der Waals surface area contributed by atoms with Crippen molar-refractivity contribution in [1.82, 2.24) is 4.37 Å². The zero-order valence-corrected chi connectivity index (χ0v) is 12.3. The van der Waals surface area contributed by atoms with Crippen molar-refractivity contribution >= 4 is 32.5 Å². The highest BCUT2D eigenvalue weighted by molar-refractivity contribution is 7.93. The van der Waals surface area contributed by atoms with Crippen molar-refractivity contribution < 1.29 is 18.3 Å². The van der Waals surface area contributed by atoms with E-state index >= 15 is 0 Å². The minimum Gasteiger partial charge on any atom is -0.478 e. The van der Waals surface area contributed by atoms with E-state index in [2.05, 4.69) is 9.10 Å². The molecule has 0 saturated carbocycles. The highest BCUT2D eigenvalue weighted by atomic mass is 32.2. The first-order valence-electron chi connectivity index (χ1n) is 5.57. The lowest BCUT2D eigenvalue weighted by molar-refractivity contribution is 0.0697. The van der Waals surface area contributed by atoms with Crippen molar-refractivity contribution in [2.45, 2.75) is 11.8 Å². The number of aryl methyl sites for hydroxylation is 1. The van der Waals surface area contributed by atoms with E-state index in [1.54, 1.807) is 0 Å². The van der Waals surface area contributed by atoms with E-state index in [0.29, 0.717) is 5.56 Å². The van der Waals surface area contributed by atoms with Gasteiger partial charge >= 0.3 is 5.97 Å². The summed E-state index contributed by atoms with van der Waals surface area (Å²) in [6.07, 6.45) is 0. The van der Waals surface area contributed by atoms with Crippen molar-refractivity contribution in [3.8, 4) is 6.07 Å². The van der Waals surface area contributed by atoms with Crippen LogP contribution in [0.4, 0.5) is 5.00 Å². The molecule has 0 atom stereocenters. The van der Waals surface area contributed by atoms with E-state index in [4.69, 9.17) is 10.4 Å². The smallest absolute Gasteiger partial charge is 0.340 e. The predicted octanol–water partition coefficient (Wildman–Crippen LogP) is 1.82. The van der Waals surface area contributed by atoms with Gasteiger partial charge in [0, 0.05) is 0 Å². The van der Waals surface area contributed by atoms with E-state index in [9.17, 15) is 13.2 Å². The molecule has 0 radical (unpaired) electrons. The monoisotopic (exact) mass is 323 g/mol. The summed E-state index contributed by atoms with van der Waals surface area (Å²) >= 11 is 0.760. The van der Waals surface area contributed by atoms with Gasteiger partial charge in [-0.25, -0.2) is 13.2 Å². The molecular weight excluding hydrogens is 314 g/mol. The molecule has 2 rings (SSSR count). The van der Waals surface area contributed by atoms with E-state index in [0.717, 1.165) is 11.5 Å². The Kier molecular flexibility index (Phi) is 3.93. The Bertz CT molecular complexity index is 832. The lowest BCUT2D eigenvalue weighted by Gasteiger charge is -2.06. The van der Waals surface area contributed by atoms with Gasteiger partial charge in [-0.05, 0) is 42.7 Å². The number of sulfonamides is 1. The number of hydrogen-bond donors (Lipinski definition) is 2. The third-order valence-electron chi connectivity index (χ3n) is 2.60. The Hall–Kier alpha value is -2.44. The third kappa shape index (κ3) is 3.01. The molecule has 1 aromatic carbocycles. The third-order valence-corrected chi connectivity index (χ3v) is 4.95. The van der Waals surface area contributed by atoms with Crippen LogP contribution in [0.15, 0.2) is 29.2 Å². The highest BCUT2D eigenvalue weighted by Gasteiger charge is 2.22. The van der Waals surface area contributed by atoms with Crippen molar-refractivity contribution in [2.75, 3.05) is 4.72 Å². The Morgan fingerprint density at radius 1 is 1.38 bits per heavy atom. The van der Waals surface area contributed by atoms with E-state index in [1.165, 1.54) is 31.2 Å². The molecule has 0 spiro atoms. The Morgan fingerprint density at radius 2 is 2.00 bits per heavy atom. The Balaban J connectivity index is 2.38.